The Bertz CT molecular complexity index is 1490. The summed E-state index contributed by atoms with van der Waals surface area (Å²) in [5.41, 5.74) is 0.935. The zero-order chi connectivity index (χ0) is 34.1. The summed E-state index contributed by atoms with van der Waals surface area (Å²) in [6.45, 7) is 8.84. The highest BCUT2D eigenvalue weighted by molar-refractivity contribution is 7.46. The first-order valence-electron chi connectivity index (χ1n) is 15.6. The second-order valence-corrected chi connectivity index (χ2v) is 18.1. The van der Waals surface area contributed by atoms with Gasteiger partial charge in [0.1, 0.15) is 18.0 Å². The fourth-order valence-corrected chi connectivity index (χ4v) is 11.1. The van der Waals surface area contributed by atoms with Gasteiger partial charge in [0.25, 0.3) is 8.32 Å². The van der Waals surface area contributed by atoms with Crippen LogP contribution < -0.4 is 15.1 Å². The van der Waals surface area contributed by atoms with E-state index in [0.717, 1.165) is 21.7 Å². The number of ether oxygens (including phenoxy) is 3. The van der Waals surface area contributed by atoms with Crippen LogP contribution in [0.25, 0.3) is 0 Å². The van der Waals surface area contributed by atoms with E-state index in [1.54, 1.807) is 32.3 Å². The van der Waals surface area contributed by atoms with Crippen LogP contribution in [0.4, 0.5) is 0 Å². The summed E-state index contributed by atoms with van der Waals surface area (Å²) >= 11 is 0. The van der Waals surface area contributed by atoms with Crippen LogP contribution >= 0.6 is 7.82 Å². The Morgan fingerprint density at radius 2 is 1.55 bits per heavy atom. The van der Waals surface area contributed by atoms with Gasteiger partial charge in [-0.15, -0.1) is 0 Å². The van der Waals surface area contributed by atoms with Gasteiger partial charge < -0.3 is 28.4 Å². The number of hydrogen-bond acceptors (Lipinski definition) is 7. The lowest BCUT2D eigenvalue weighted by molar-refractivity contribution is -0.145. The molecule has 0 bridgehead atoms. The van der Waals surface area contributed by atoms with Crippen molar-refractivity contribution in [2.24, 2.45) is 5.92 Å². The largest absolute Gasteiger partial charge is 0.497 e. The van der Waals surface area contributed by atoms with Crippen molar-refractivity contribution in [1.29, 1.82) is 0 Å². The van der Waals surface area contributed by atoms with E-state index >= 15 is 0 Å². The molecule has 0 aromatic heterocycles. The van der Waals surface area contributed by atoms with Crippen LogP contribution in [-0.4, -0.2) is 56.1 Å². The molecule has 0 spiro atoms. The molecule has 3 aromatic rings. The summed E-state index contributed by atoms with van der Waals surface area (Å²) in [6.07, 6.45) is 4.45. The molecule has 1 heterocycles. The molecule has 0 radical (unpaired) electrons. The van der Waals surface area contributed by atoms with Crippen molar-refractivity contribution in [3.8, 4) is 5.75 Å². The maximum atomic E-state index is 12.4. The molecule has 0 saturated heterocycles. The second kappa shape index (κ2) is 16.2. The van der Waals surface area contributed by atoms with Crippen molar-refractivity contribution in [3.05, 3.63) is 115 Å². The van der Waals surface area contributed by atoms with Gasteiger partial charge in [-0.1, -0.05) is 107 Å². The Labute approximate surface area is 278 Å². The Morgan fingerprint density at radius 3 is 2.09 bits per heavy atom. The number of carbonyl (C=O) groups is 1. The number of phosphoric ester groups is 1. The third-order valence-electron chi connectivity index (χ3n) is 8.14. The summed E-state index contributed by atoms with van der Waals surface area (Å²) in [5, 5.41) is 1.87. The Morgan fingerprint density at radius 1 is 0.957 bits per heavy atom. The topological polar surface area (TPSA) is 121 Å². The number of hydrogen-bond donors (Lipinski definition) is 2. The molecular weight excluding hydrogens is 635 g/mol. The van der Waals surface area contributed by atoms with Gasteiger partial charge in [0.05, 0.1) is 26.4 Å². The highest BCUT2D eigenvalue weighted by Gasteiger charge is 2.52. The molecular formula is C36H45O9PSi. The molecule has 0 aliphatic carbocycles. The van der Waals surface area contributed by atoms with Crippen molar-refractivity contribution >= 4 is 32.5 Å². The average Bonchev–Trinajstić information content (AvgIpc) is 3.04. The van der Waals surface area contributed by atoms with Gasteiger partial charge in [-0.3, -0.25) is 4.52 Å². The zero-order valence-corrected chi connectivity index (χ0v) is 29.4. The molecule has 0 fully saturated rings. The summed E-state index contributed by atoms with van der Waals surface area (Å²) in [4.78, 5) is 31.8. The van der Waals surface area contributed by atoms with E-state index in [-0.39, 0.29) is 24.0 Å². The van der Waals surface area contributed by atoms with E-state index in [2.05, 4.69) is 45.0 Å². The molecule has 47 heavy (non-hydrogen) atoms. The lowest BCUT2D eigenvalue weighted by Crippen LogP contribution is -2.68. The predicted molar refractivity (Wildman–Crippen MR) is 184 cm³/mol. The van der Waals surface area contributed by atoms with Crippen LogP contribution in [0.3, 0.4) is 0 Å². The van der Waals surface area contributed by atoms with E-state index in [1.165, 1.54) is 6.08 Å². The van der Waals surface area contributed by atoms with E-state index in [1.807, 2.05) is 60.7 Å². The summed E-state index contributed by atoms with van der Waals surface area (Å²) in [6, 6.07) is 27.8. The first-order chi connectivity index (χ1) is 22.3. The van der Waals surface area contributed by atoms with Gasteiger partial charge in [0.2, 0.25) is 0 Å². The molecule has 1 aliphatic heterocycles. The minimum absolute atomic E-state index is 0.141. The van der Waals surface area contributed by atoms with Crippen LogP contribution in [0, 0.1) is 5.92 Å². The minimum Gasteiger partial charge on any atom is -0.497 e. The lowest BCUT2D eigenvalue weighted by Gasteiger charge is -2.45. The molecule has 4 atom stereocenters. The lowest BCUT2D eigenvalue weighted by atomic mass is 10.0. The third-order valence-corrected chi connectivity index (χ3v) is 13.7. The standard InChI is InChI=1S/C36H45O9PSi/c1-27(25-42-26-28-19-21-29(41-5)22-20-28)32(44-46(38,39)40)17-12-18-33-34(23-24-35(37)43-33)45-47(36(2,3)4,30-13-8-6-9-14-30)31-15-10-7-11-16-31/h6-16,18-24,27,32-34H,17,25-26H2,1-5H3,(H2,38,39,40)/b18-12+/t27-,32-,33-,34-/m0/s1. The molecule has 4 rings (SSSR count). The van der Waals surface area contributed by atoms with E-state index in [4.69, 9.17) is 23.2 Å². The summed E-state index contributed by atoms with van der Waals surface area (Å²) in [5.74, 6) is -0.129. The SMILES string of the molecule is COc1ccc(COC[C@H](C)[C@H](C/C=C/[C@@H]2OC(=O)C=C[C@@H]2O[Si](c2ccccc2)(c2ccccc2)C(C)(C)C)OP(=O)(O)O)cc1. The maximum Gasteiger partial charge on any atom is 0.469 e. The van der Waals surface area contributed by atoms with E-state index in [9.17, 15) is 19.1 Å². The van der Waals surface area contributed by atoms with E-state index in [0.29, 0.717) is 6.61 Å². The van der Waals surface area contributed by atoms with E-state index < -0.39 is 40.4 Å². The van der Waals surface area contributed by atoms with Gasteiger partial charge in [-0.05, 0) is 51.7 Å². The molecule has 0 unspecified atom stereocenters. The first kappa shape index (κ1) is 36.5. The highest BCUT2D eigenvalue weighted by atomic mass is 31.2. The molecule has 0 amide bonds. The second-order valence-electron chi connectivity index (χ2n) is 12.6. The zero-order valence-electron chi connectivity index (χ0n) is 27.5. The normalized spacial score (nSPS) is 18.6. The summed E-state index contributed by atoms with van der Waals surface area (Å²) in [7, 11) is -6.19. The van der Waals surface area contributed by atoms with Crippen molar-refractivity contribution in [1.82, 2.24) is 0 Å². The predicted octanol–water partition coefficient (Wildman–Crippen LogP) is 5.70. The average molecular weight is 681 g/mol. The molecule has 9 nitrogen and oxygen atoms in total. The number of carbonyl (C=O) groups excluding carboxylic acids is 1. The van der Waals surface area contributed by atoms with Crippen LogP contribution in [-0.2, 0) is 34.4 Å². The Balaban J connectivity index is 1.54. The number of esters is 1. The van der Waals surface area contributed by atoms with Crippen molar-refractivity contribution < 1.29 is 42.3 Å². The van der Waals surface area contributed by atoms with Gasteiger partial charge >= 0.3 is 13.8 Å². The monoisotopic (exact) mass is 680 g/mol. The number of methoxy groups -OCH3 is 1. The van der Waals surface area contributed by atoms with Crippen molar-refractivity contribution in [2.75, 3.05) is 13.7 Å². The highest BCUT2D eigenvalue weighted by Crippen LogP contribution is 2.41. The molecule has 3 aromatic carbocycles. The van der Waals surface area contributed by atoms with Gasteiger partial charge in [0.15, 0.2) is 0 Å². The van der Waals surface area contributed by atoms with Gasteiger partial charge in [0, 0.05) is 12.0 Å². The third kappa shape index (κ3) is 9.84. The number of benzene rings is 3. The van der Waals surface area contributed by atoms with Crippen LogP contribution in [0.2, 0.25) is 5.04 Å². The fourth-order valence-electron chi connectivity index (χ4n) is 5.77. The maximum absolute atomic E-state index is 12.4. The molecule has 1 aliphatic rings. The number of rotatable bonds is 15. The van der Waals surface area contributed by atoms with Gasteiger partial charge in [-0.25, -0.2) is 9.36 Å². The summed E-state index contributed by atoms with van der Waals surface area (Å²) < 4.78 is 41.1. The first-order valence-corrected chi connectivity index (χ1v) is 19.0. The smallest absolute Gasteiger partial charge is 0.469 e. The molecule has 11 heteroatoms. The Kier molecular flexibility index (Phi) is 12.6. The quantitative estimate of drug-likeness (QED) is 0.0902. The van der Waals surface area contributed by atoms with Crippen LogP contribution in [0.5, 0.6) is 5.75 Å². The Hall–Kier alpha value is -3.34. The number of phosphoric acid groups is 1. The molecule has 0 saturated carbocycles. The van der Waals surface area contributed by atoms with Crippen LogP contribution in [0.15, 0.2) is 109 Å². The molecule has 2 N–H and O–H groups in total. The minimum atomic E-state index is -4.80. The van der Waals surface area contributed by atoms with Crippen molar-refractivity contribution in [2.45, 2.75) is 64.1 Å². The van der Waals surface area contributed by atoms with Crippen LogP contribution in [0.1, 0.15) is 39.7 Å². The fraction of sp³-hybridized carbons (Fsp3) is 0.361. The van der Waals surface area contributed by atoms with Gasteiger partial charge in [-0.2, -0.15) is 0 Å². The van der Waals surface area contributed by atoms with Crippen molar-refractivity contribution in [3.63, 3.8) is 0 Å². The molecule has 252 valence electrons. The number of cyclic esters (lactones) is 1.